The Bertz CT molecular complexity index is 950. The quantitative estimate of drug-likeness (QED) is 0.716. The largest absolute Gasteiger partial charge is 0.379 e. The number of rotatable bonds is 5. The molecule has 158 valence electrons. The molecule has 2 heterocycles. The van der Waals surface area contributed by atoms with E-state index in [-0.39, 0.29) is 11.1 Å². The van der Waals surface area contributed by atoms with E-state index < -0.39 is 0 Å². The van der Waals surface area contributed by atoms with Gasteiger partial charge in [0.05, 0.1) is 11.7 Å². The number of aromatic nitrogens is 1. The molecule has 1 aromatic heterocycles. The highest BCUT2D eigenvalue weighted by Crippen LogP contribution is 2.60. The van der Waals surface area contributed by atoms with Crippen LogP contribution >= 0.6 is 0 Å². The molecule has 30 heavy (non-hydrogen) atoms. The van der Waals surface area contributed by atoms with Crippen LogP contribution in [0, 0.1) is 0 Å². The maximum atomic E-state index is 6.29. The molecule has 2 atom stereocenters. The van der Waals surface area contributed by atoms with Gasteiger partial charge in [0.25, 0.3) is 0 Å². The third-order valence-electron chi connectivity index (χ3n) is 7.98. The predicted molar refractivity (Wildman–Crippen MR) is 120 cm³/mol. The van der Waals surface area contributed by atoms with Gasteiger partial charge in [-0.2, -0.15) is 0 Å². The van der Waals surface area contributed by atoms with E-state index in [0.29, 0.717) is 12.1 Å². The summed E-state index contributed by atoms with van der Waals surface area (Å²) in [6, 6.07) is 12.0. The number of hydrogen-bond donors (Lipinski definition) is 3. The van der Waals surface area contributed by atoms with E-state index in [1.807, 2.05) is 6.20 Å². The monoisotopic (exact) mass is 403 g/mol. The molecule has 3 fully saturated rings. The lowest BCUT2D eigenvalue weighted by atomic mass is 9.44. The van der Waals surface area contributed by atoms with Gasteiger partial charge in [0.1, 0.15) is 0 Å². The van der Waals surface area contributed by atoms with Crippen LogP contribution in [-0.2, 0) is 19.4 Å². The number of hydrogen-bond acceptors (Lipinski definition) is 5. The first kappa shape index (κ1) is 18.8. The summed E-state index contributed by atoms with van der Waals surface area (Å²) in [4.78, 5) is 7.28. The predicted octanol–water partition coefficient (Wildman–Crippen LogP) is 3.15. The van der Waals surface area contributed by atoms with Crippen molar-refractivity contribution in [1.29, 1.82) is 0 Å². The van der Waals surface area contributed by atoms with Gasteiger partial charge in [-0.05, 0) is 80.8 Å². The number of aryl methyl sites for hydroxylation is 1. The van der Waals surface area contributed by atoms with Crippen LogP contribution in [-0.4, -0.2) is 40.6 Å². The SMILES string of the molecule is CN(C[C@@H]1Cc2c(cccc2NC23CC(N)(C2)C3)CN1)[C@H]1CCCc2cccnc21. The highest BCUT2D eigenvalue weighted by Gasteiger charge is 2.66. The second kappa shape index (κ2) is 6.78. The smallest absolute Gasteiger partial charge is 0.0607 e. The van der Waals surface area contributed by atoms with Gasteiger partial charge < -0.3 is 16.4 Å². The van der Waals surface area contributed by atoms with Crippen molar-refractivity contribution in [2.75, 3.05) is 18.9 Å². The van der Waals surface area contributed by atoms with Crippen molar-refractivity contribution in [2.24, 2.45) is 5.73 Å². The summed E-state index contributed by atoms with van der Waals surface area (Å²) >= 11 is 0. The number of nitrogens with two attached hydrogens (primary N) is 1. The zero-order chi connectivity index (χ0) is 20.3. The molecule has 1 aromatic carbocycles. The van der Waals surface area contributed by atoms with E-state index >= 15 is 0 Å². The maximum absolute atomic E-state index is 6.29. The number of pyridine rings is 1. The second-order valence-electron chi connectivity index (χ2n) is 10.4. The summed E-state index contributed by atoms with van der Waals surface area (Å²) in [5.41, 5.74) is 13.7. The highest BCUT2D eigenvalue weighted by molar-refractivity contribution is 5.59. The molecular formula is C25H33N5. The van der Waals surface area contributed by atoms with Crippen molar-refractivity contribution < 1.29 is 0 Å². The number of anilines is 1. The molecule has 1 aliphatic heterocycles. The van der Waals surface area contributed by atoms with Gasteiger partial charge in [-0.15, -0.1) is 0 Å². The van der Waals surface area contributed by atoms with Crippen molar-refractivity contribution in [3.63, 3.8) is 0 Å². The Hall–Kier alpha value is -1.95. The third-order valence-corrected chi connectivity index (χ3v) is 7.98. The lowest BCUT2D eigenvalue weighted by molar-refractivity contribution is -0.0318. The second-order valence-corrected chi connectivity index (χ2v) is 10.4. The van der Waals surface area contributed by atoms with Gasteiger partial charge in [-0.25, -0.2) is 0 Å². The number of likely N-dealkylation sites (N-methyl/N-ethyl adjacent to an activating group) is 1. The summed E-state index contributed by atoms with van der Waals surface area (Å²) < 4.78 is 0. The molecule has 0 unspecified atom stereocenters. The molecule has 2 aromatic rings. The molecule has 0 radical (unpaired) electrons. The average Bonchev–Trinajstić information content (AvgIpc) is 2.71. The molecule has 4 aliphatic carbocycles. The number of benzene rings is 1. The molecular weight excluding hydrogens is 370 g/mol. The third kappa shape index (κ3) is 3.06. The molecule has 4 N–H and O–H groups in total. The molecule has 0 saturated heterocycles. The topological polar surface area (TPSA) is 66.2 Å². The molecule has 0 amide bonds. The Morgan fingerprint density at radius 3 is 2.87 bits per heavy atom. The zero-order valence-corrected chi connectivity index (χ0v) is 18.0. The van der Waals surface area contributed by atoms with E-state index in [4.69, 9.17) is 10.7 Å². The zero-order valence-electron chi connectivity index (χ0n) is 18.0. The number of nitrogens with zero attached hydrogens (tertiary/aromatic N) is 2. The van der Waals surface area contributed by atoms with Crippen LogP contribution < -0.4 is 16.4 Å². The van der Waals surface area contributed by atoms with Gasteiger partial charge in [0.2, 0.25) is 0 Å². The maximum Gasteiger partial charge on any atom is 0.0607 e. The Balaban J connectivity index is 1.17. The Morgan fingerprint density at radius 1 is 1.20 bits per heavy atom. The summed E-state index contributed by atoms with van der Waals surface area (Å²) in [6.07, 6.45) is 10.0. The van der Waals surface area contributed by atoms with Crippen molar-refractivity contribution in [1.82, 2.24) is 15.2 Å². The van der Waals surface area contributed by atoms with Crippen molar-refractivity contribution in [2.45, 2.75) is 74.7 Å². The standard InChI is InChI=1S/C25H33N5/c1-30(22-9-3-5-17-7-4-10-27-23(17)22)13-19-11-20-18(12-28-19)6-2-8-21(20)29-25-14-24(26,15-25)16-25/h2,4,6-8,10,19,22,28-29H,3,5,9,11-16,26H2,1H3/t19-,22-,24?,25?/m0/s1. The van der Waals surface area contributed by atoms with Gasteiger partial charge in [-0.1, -0.05) is 18.2 Å². The number of fused-ring (bicyclic) bond motifs is 2. The van der Waals surface area contributed by atoms with E-state index in [1.54, 1.807) is 0 Å². The van der Waals surface area contributed by atoms with Crippen LogP contribution in [0.2, 0.25) is 0 Å². The summed E-state index contributed by atoms with van der Waals surface area (Å²) in [7, 11) is 2.28. The lowest BCUT2D eigenvalue weighted by Crippen LogP contribution is -2.79. The van der Waals surface area contributed by atoms with Crippen LogP contribution in [0.3, 0.4) is 0 Å². The fourth-order valence-electron chi connectivity index (χ4n) is 6.63. The van der Waals surface area contributed by atoms with Gasteiger partial charge in [0, 0.05) is 42.1 Å². The first-order valence-electron chi connectivity index (χ1n) is 11.6. The minimum absolute atomic E-state index is 0.138. The fourth-order valence-corrected chi connectivity index (χ4v) is 6.63. The summed E-state index contributed by atoms with van der Waals surface area (Å²) in [5, 5.41) is 7.69. The van der Waals surface area contributed by atoms with Crippen LogP contribution in [0.25, 0.3) is 0 Å². The molecule has 5 aliphatic rings. The van der Waals surface area contributed by atoms with Crippen LogP contribution in [0.15, 0.2) is 36.5 Å². The van der Waals surface area contributed by atoms with Crippen LogP contribution in [0.5, 0.6) is 0 Å². The highest BCUT2D eigenvalue weighted by atomic mass is 15.2. The van der Waals surface area contributed by atoms with Crippen LogP contribution in [0.1, 0.15) is 60.5 Å². The molecule has 5 nitrogen and oxygen atoms in total. The number of nitrogens with one attached hydrogen (secondary N) is 2. The molecule has 7 rings (SSSR count). The van der Waals surface area contributed by atoms with Crippen LogP contribution in [0.4, 0.5) is 5.69 Å². The molecule has 0 spiro atoms. The van der Waals surface area contributed by atoms with Gasteiger partial charge in [0.15, 0.2) is 0 Å². The molecule has 3 saturated carbocycles. The molecule has 5 heteroatoms. The average molecular weight is 404 g/mol. The van der Waals surface area contributed by atoms with Gasteiger partial charge >= 0.3 is 0 Å². The minimum atomic E-state index is 0.138. The first-order valence-corrected chi connectivity index (χ1v) is 11.6. The van der Waals surface area contributed by atoms with Gasteiger partial charge in [-0.3, -0.25) is 9.88 Å². The fraction of sp³-hybridized carbons (Fsp3) is 0.560. The Kier molecular flexibility index (Phi) is 4.24. The molecule has 2 bridgehead atoms. The van der Waals surface area contributed by atoms with E-state index in [0.717, 1.165) is 38.8 Å². The van der Waals surface area contributed by atoms with Crippen molar-refractivity contribution in [3.8, 4) is 0 Å². The first-order chi connectivity index (χ1) is 14.5. The summed E-state index contributed by atoms with van der Waals surface area (Å²) in [6.45, 7) is 2.00. The minimum Gasteiger partial charge on any atom is -0.379 e. The Labute approximate surface area is 179 Å². The summed E-state index contributed by atoms with van der Waals surface area (Å²) in [5.74, 6) is 0. The van der Waals surface area contributed by atoms with Crippen molar-refractivity contribution >= 4 is 5.69 Å². The lowest BCUT2D eigenvalue weighted by Gasteiger charge is -2.69. The Morgan fingerprint density at radius 2 is 2.03 bits per heavy atom. The van der Waals surface area contributed by atoms with E-state index in [9.17, 15) is 0 Å². The van der Waals surface area contributed by atoms with E-state index in [2.05, 4.69) is 52.9 Å². The normalized spacial score (nSPS) is 33.8. The van der Waals surface area contributed by atoms with Crippen molar-refractivity contribution in [3.05, 3.63) is 58.9 Å². The van der Waals surface area contributed by atoms with E-state index in [1.165, 1.54) is 47.3 Å².